The topological polar surface area (TPSA) is 115 Å². The quantitative estimate of drug-likeness (QED) is 0.433. The number of thiazole rings is 1. The number of ether oxygens (including phenoxy) is 2. The van der Waals surface area contributed by atoms with E-state index >= 15 is 0 Å². The molecule has 2 aromatic heterocycles. The van der Waals surface area contributed by atoms with Gasteiger partial charge in [0.15, 0.2) is 10.8 Å². The van der Waals surface area contributed by atoms with Crippen LogP contribution in [0.5, 0.6) is 0 Å². The number of fused-ring (bicyclic) bond motifs is 2. The van der Waals surface area contributed by atoms with Gasteiger partial charge in [-0.05, 0) is 37.0 Å². The molecule has 2 unspecified atom stereocenters. The van der Waals surface area contributed by atoms with Crippen molar-refractivity contribution in [2.45, 2.75) is 37.9 Å². The molecule has 2 bridgehead atoms. The fraction of sp³-hybridized carbons (Fsp3) is 0.400. The zero-order chi connectivity index (χ0) is 26.1. The number of benzene rings is 1. The lowest BCUT2D eigenvalue weighted by Gasteiger charge is -2.48. The zero-order valence-corrected chi connectivity index (χ0v) is 21.5. The number of aromatic nitrogens is 3. The van der Waals surface area contributed by atoms with Gasteiger partial charge in [-0.2, -0.15) is 0 Å². The number of rotatable bonds is 7. The third-order valence-corrected chi connectivity index (χ3v) is 7.83. The van der Waals surface area contributed by atoms with Crippen LogP contribution in [0.1, 0.15) is 35.3 Å². The van der Waals surface area contributed by atoms with E-state index in [1.165, 1.54) is 30.6 Å². The highest BCUT2D eigenvalue weighted by molar-refractivity contribution is 7.13. The first-order valence-corrected chi connectivity index (χ1v) is 13.0. The highest BCUT2D eigenvalue weighted by atomic mass is 35.5. The molecule has 9 nitrogen and oxygen atoms in total. The van der Waals surface area contributed by atoms with Crippen molar-refractivity contribution in [1.82, 2.24) is 19.9 Å². The van der Waals surface area contributed by atoms with Crippen LogP contribution in [0.3, 0.4) is 0 Å². The van der Waals surface area contributed by atoms with Crippen molar-refractivity contribution in [2.24, 2.45) is 5.92 Å². The summed E-state index contributed by atoms with van der Waals surface area (Å²) in [5.41, 5.74) is 1.17. The number of carboxylic acids is 1. The van der Waals surface area contributed by atoms with E-state index in [0.29, 0.717) is 48.1 Å². The smallest absolute Gasteiger partial charge is 0.342 e. The molecule has 2 fully saturated rings. The molecule has 0 aliphatic carbocycles. The lowest BCUT2D eigenvalue weighted by Crippen LogP contribution is -2.56. The molecule has 1 N–H and O–H groups in total. The Balaban J connectivity index is 1.61. The maximum absolute atomic E-state index is 13.8. The summed E-state index contributed by atoms with van der Waals surface area (Å²) in [5.74, 6) is -1.60. The van der Waals surface area contributed by atoms with E-state index in [9.17, 15) is 19.1 Å². The summed E-state index contributed by atoms with van der Waals surface area (Å²) < 4.78 is 24.8. The Morgan fingerprint density at radius 1 is 1.27 bits per heavy atom. The number of esters is 1. The number of morpholine rings is 1. The number of carbonyl (C=O) groups excluding carboxylic acids is 1. The number of hydrogen-bond donors (Lipinski definition) is 1. The zero-order valence-electron chi connectivity index (χ0n) is 19.9. The van der Waals surface area contributed by atoms with Crippen LogP contribution in [0.4, 0.5) is 4.39 Å². The van der Waals surface area contributed by atoms with Gasteiger partial charge in [-0.3, -0.25) is 9.69 Å². The molecule has 0 radical (unpaired) electrons. The molecule has 0 saturated carbocycles. The molecule has 2 saturated heterocycles. The number of hydrogen-bond acceptors (Lipinski definition) is 9. The van der Waals surface area contributed by atoms with Crippen LogP contribution in [0.15, 0.2) is 29.8 Å². The molecule has 2 aliphatic heterocycles. The van der Waals surface area contributed by atoms with Gasteiger partial charge in [0, 0.05) is 42.2 Å². The normalized spacial score (nSPS) is 21.5. The minimum Gasteiger partial charge on any atom is -0.481 e. The number of halogens is 2. The van der Waals surface area contributed by atoms with Gasteiger partial charge in [0.05, 0.1) is 36.7 Å². The van der Waals surface area contributed by atoms with Gasteiger partial charge in [-0.15, -0.1) is 11.3 Å². The molecule has 37 heavy (non-hydrogen) atoms. The standard InChI is InChI=1S/C25H24ClFN4O5S/c1-35-25(34)21-19(10-31-15-6-13(8-20(32)33)7-16(31)12-36-11-15)29-23(24-28-4-5-37-24)30-22(21)17-3-2-14(27)9-18(17)26/h2-5,9,13,15-16H,6-8,10-12H2,1H3,(H,32,33)/t13?,15-,16?/m1/s1. The SMILES string of the molecule is COC(=O)c1c(CN2C3COC[C@H]2CC(CC(=O)O)C3)nc(-c2nccs2)nc1-c1ccc(F)cc1Cl. The Kier molecular flexibility index (Phi) is 7.47. The van der Waals surface area contributed by atoms with Gasteiger partial charge in [0.25, 0.3) is 0 Å². The molecule has 5 rings (SSSR count). The summed E-state index contributed by atoms with van der Waals surface area (Å²) in [6.07, 6.45) is 3.08. The van der Waals surface area contributed by atoms with E-state index in [1.54, 1.807) is 11.6 Å². The predicted octanol–water partition coefficient (Wildman–Crippen LogP) is 4.30. The molecule has 2 aliphatic rings. The summed E-state index contributed by atoms with van der Waals surface area (Å²) in [4.78, 5) is 40.4. The lowest BCUT2D eigenvalue weighted by molar-refractivity contribution is -0.141. The first-order valence-electron chi connectivity index (χ1n) is 11.7. The Morgan fingerprint density at radius 2 is 2.03 bits per heavy atom. The summed E-state index contributed by atoms with van der Waals surface area (Å²) in [6.45, 7) is 1.21. The van der Waals surface area contributed by atoms with Gasteiger partial charge in [0.2, 0.25) is 0 Å². The molecular formula is C25H24ClFN4O5S. The fourth-order valence-electron chi connectivity index (χ4n) is 5.19. The average molecular weight is 547 g/mol. The highest BCUT2D eigenvalue weighted by Crippen LogP contribution is 2.37. The lowest BCUT2D eigenvalue weighted by atomic mass is 9.83. The third-order valence-electron chi connectivity index (χ3n) is 6.75. The van der Waals surface area contributed by atoms with E-state index in [-0.39, 0.29) is 47.2 Å². The van der Waals surface area contributed by atoms with Gasteiger partial charge < -0.3 is 14.6 Å². The van der Waals surface area contributed by atoms with Crippen molar-refractivity contribution in [3.05, 3.63) is 51.9 Å². The van der Waals surface area contributed by atoms with E-state index in [0.717, 1.165) is 6.07 Å². The first-order chi connectivity index (χ1) is 17.8. The number of carboxylic acid groups (broad SMARTS) is 1. The van der Waals surface area contributed by atoms with Crippen LogP contribution in [-0.4, -0.2) is 69.3 Å². The minimum atomic E-state index is -0.810. The Morgan fingerprint density at radius 3 is 2.65 bits per heavy atom. The van der Waals surface area contributed by atoms with Crippen molar-refractivity contribution >= 4 is 34.9 Å². The number of aliphatic carboxylic acids is 1. The molecule has 12 heteroatoms. The second-order valence-electron chi connectivity index (χ2n) is 9.12. The van der Waals surface area contributed by atoms with Gasteiger partial charge in [0.1, 0.15) is 11.4 Å². The maximum Gasteiger partial charge on any atom is 0.342 e. The molecular weight excluding hydrogens is 523 g/mol. The summed E-state index contributed by atoms with van der Waals surface area (Å²) in [7, 11) is 1.27. The Bertz CT molecular complexity index is 1310. The number of methoxy groups -OCH3 is 1. The molecule has 4 heterocycles. The summed E-state index contributed by atoms with van der Waals surface area (Å²) >= 11 is 7.75. The predicted molar refractivity (Wildman–Crippen MR) is 134 cm³/mol. The van der Waals surface area contributed by atoms with E-state index < -0.39 is 17.8 Å². The van der Waals surface area contributed by atoms with Crippen LogP contribution >= 0.6 is 22.9 Å². The molecule has 3 atom stereocenters. The van der Waals surface area contributed by atoms with Crippen molar-refractivity contribution in [3.63, 3.8) is 0 Å². The van der Waals surface area contributed by atoms with Crippen LogP contribution in [0, 0.1) is 11.7 Å². The van der Waals surface area contributed by atoms with Gasteiger partial charge >= 0.3 is 11.9 Å². The number of piperidine rings is 1. The van der Waals surface area contributed by atoms with Gasteiger partial charge in [-0.25, -0.2) is 24.1 Å². The Labute approximate surface area is 221 Å². The van der Waals surface area contributed by atoms with Crippen LogP contribution < -0.4 is 0 Å². The molecule has 1 aromatic carbocycles. The monoisotopic (exact) mass is 546 g/mol. The van der Waals surface area contributed by atoms with Gasteiger partial charge in [-0.1, -0.05) is 11.6 Å². The van der Waals surface area contributed by atoms with Crippen molar-refractivity contribution in [3.8, 4) is 22.1 Å². The van der Waals surface area contributed by atoms with Crippen LogP contribution in [0.2, 0.25) is 5.02 Å². The molecule has 0 spiro atoms. The average Bonchev–Trinajstić information content (AvgIpc) is 3.38. The van der Waals surface area contributed by atoms with Crippen molar-refractivity contribution < 1.29 is 28.6 Å². The van der Waals surface area contributed by atoms with E-state index in [4.69, 9.17) is 26.1 Å². The molecule has 0 amide bonds. The Hall–Kier alpha value is -2.99. The van der Waals surface area contributed by atoms with Crippen LogP contribution in [0.25, 0.3) is 22.1 Å². The summed E-state index contributed by atoms with van der Waals surface area (Å²) in [5, 5.41) is 11.8. The van der Waals surface area contributed by atoms with E-state index in [2.05, 4.69) is 14.9 Å². The number of nitrogens with zero attached hydrogens (tertiary/aromatic N) is 4. The van der Waals surface area contributed by atoms with Crippen LogP contribution in [-0.2, 0) is 20.8 Å². The third kappa shape index (κ3) is 5.35. The van der Waals surface area contributed by atoms with Crippen molar-refractivity contribution in [1.29, 1.82) is 0 Å². The van der Waals surface area contributed by atoms with E-state index in [1.807, 2.05) is 0 Å². The number of carbonyl (C=O) groups is 2. The fourth-order valence-corrected chi connectivity index (χ4v) is 6.02. The van der Waals surface area contributed by atoms with Crippen molar-refractivity contribution in [2.75, 3.05) is 20.3 Å². The first kappa shape index (κ1) is 25.7. The maximum atomic E-state index is 13.8. The molecule has 3 aromatic rings. The second-order valence-corrected chi connectivity index (χ2v) is 10.4. The molecule has 194 valence electrons. The minimum absolute atomic E-state index is 0.0292. The summed E-state index contributed by atoms with van der Waals surface area (Å²) in [6, 6.07) is 3.83. The highest BCUT2D eigenvalue weighted by Gasteiger charge is 2.40. The largest absolute Gasteiger partial charge is 0.481 e. The second kappa shape index (κ2) is 10.8.